The Labute approximate surface area is 154 Å². The standard InChI is InChI=1S/C21H25N3O2/c22-21(23)16-9-7-15(8-10-16)4-1-2-6-19-12-18(13-20(25)26-19)17-5-3-11-24-14-17/h3,5,7-11,14,18-19H,1-2,4,6,12-13H2,(H3,22,23). The molecule has 0 aliphatic carbocycles. The molecule has 1 saturated heterocycles. The predicted octanol–water partition coefficient (Wildman–Crippen LogP) is 3.57. The molecule has 5 heteroatoms. The summed E-state index contributed by atoms with van der Waals surface area (Å²) in [6.07, 6.45) is 8.88. The average Bonchev–Trinajstić information content (AvgIpc) is 2.66. The van der Waals surface area contributed by atoms with Crippen molar-refractivity contribution < 1.29 is 9.53 Å². The van der Waals surface area contributed by atoms with Crippen LogP contribution in [0.2, 0.25) is 0 Å². The summed E-state index contributed by atoms with van der Waals surface area (Å²) in [7, 11) is 0. The summed E-state index contributed by atoms with van der Waals surface area (Å²) in [6, 6.07) is 11.8. The monoisotopic (exact) mass is 351 g/mol. The van der Waals surface area contributed by atoms with Gasteiger partial charge in [-0.2, -0.15) is 0 Å². The second-order valence-corrected chi connectivity index (χ2v) is 6.89. The Hall–Kier alpha value is -2.69. The van der Waals surface area contributed by atoms with Crippen LogP contribution in [0.15, 0.2) is 48.8 Å². The van der Waals surface area contributed by atoms with Crippen molar-refractivity contribution in [2.24, 2.45) is 5.73 Å². The summed E-state index contributed by atoms with van der Waals surface area (Å²) in [6.45, 7) is 0. The van der Waals surface area contributed by atoms with Gasteiger partial charge in [0.25, 0.3) is 0 Å². The molecule has 0 bridgehead atoms. The van der Waals surface area contributed by atoms with Crippen molar-refractivity contribution in [3.05, 3.63) is 65.5 Å². The van der Waals surface area contributed by atoms with Gasteiger partial charge in [-0.25, -0.2) is 0 Å². The highest BCUT2D eigenvalue weighted by Gasteiger charge is 2.29. The second kappa shape index (κ2) is 8.61. The van der Waals surface area contributed by atoms with Gasteiger partial charge in [-0.05, 0) is 55.2 Å². The number of benzene rings is 1. The molecule has 26 heavy (non-hydrogen) atoms. The number of nitrogen functional groups attached to an aromatic ring is 1. The van der Waals surface area contributed by atoms with Gasteiger partial charge < -0.3 is 10.5 Å². The third-order valence-electron chi connectivity index (χ3n) is 4.92. The van der Waals surface area contributed by atoms with Gasteiger partial charge in [0.2, 0.25) is 0 Å². The number of unbranched alkanes of at least 4 members (excludes halogenated alkanes) is 1. The van der Waals surface area contributed by atoms with E-state index < -0.39 is 0 Å². The zero-order valence-corrected chi connectivity index (χ0v) is 14.9. The topological polar surface area (TPSA) is 89.1 Å². The zero-order valence-electron chi connectivity index (χ0n) is 14.9. The van der Waals surface area contributed by atoms with Crippen LogP contribution in [0, 0.1) is 5.41 Å². The lowest BCUT2D eigenvalue weighted by Crippen LogP contribution is -2.28. The predicted molar refractivity (Wildman–Crippen MR) is 101 cm³/mol. The van der Waals surface area contributed by atoms with Crippen molar-refractivity contribution in [1.29, 1.82) is 5.41 Å². The summed E-state index contributed by atoms with van der Waals surface area (Å²) >= 11 is 0. The Balaban J connectivity index is 1.45. The fourth-order valence-electron chi connectivity index (χ4n) is 3.48. The van der Waals surface area contributed by atoms with E-state index in [1.54, 1.807) is 6.20 Å². The number of aromatic nitrogens is 1. The molecule has 1 fully saturated rings. The number of cyclic esters (lactones) is 1. The van der Waals surface area contributed by atoms with Crippen LogP contribution in [0.4, 0.5) is 0 Å². The molecule has 0 amide bonds. The number of hydrogen-bond acceptors (Lipinski definition) is 4. The minimum atomic E-state index is -0.102. The van der Waals surface area contributed by atoms with E-state index in [0.717, 1.165) is 43.2 Å². The van der Waals surface area contributed by atoms with Crippen molar-refractivity contribution in [2.45, 2.75) is 50.5 Å². The zero-order chi connectivity index (χ0) is 18.4. The first-order valence-corrected chi connectivity index (χ1v) is 9.14. The van der Waals surface area contributed by atoms with Crippen LogP contribution in [-0.2, 0) is 16.0 Å². The van der Waals surface area contributed by atoms with Crippen molar-refractivity contribution in [2.75, 3.05) is 0 Å². The smallest absolute Gasteiger partial charge is 0.306 e. The van der Waals surface area contributed by atoms with Crippen LogP contribution in [0.5, 0.6) is 0 Å². The fraction of sp³-hybridized carbons (Fsp3) is 0.381. The molecule has 0 saturated carbocycles. The van der Waals surface area contributed by atoms with Crippen LogP contribution >= 0.6 is 0 Å². The Morgan fingerprint density at radius 3 is 2.73 bits per heavy atom. The largest absolute Gasteiger partial charge is 0.462 e. The van der Waals surface area contributed by atoms with E-state index >= 15 is 0 Å². The first-order chi connectivity index (χ1) is 12.6. The molecule has 3 rings (SSSR count). The van der Waals surface area contributed by atoms with Crippen molar-refractivity contribution >= 4 is 11.8 Å². The van der Waals surface area contributed by atoms with Crippen LogP contribution in [0.3, 0.4) is 0 Å². The van der Waals surface area contributed by atoms with Crippen molar-refractivity contribution in [3.63, 3.8) is 0 Å². The molecule has 2 heterocycles. The molecule has 136 valence electrons. The van der Waals surface area contributed by atoms with Crippen LogP contribution in [0.25, 0.3) is 0 Å². The first-order valence-electron chi connectivity index (χ1n) is 9.14. The lowest BCUT2D eigenvalue weighted by Gasteiger charge is -2.29. The number of esters is 1. The molecule has 0 spiro atoms. The number of ether oxygens (including phenoxy) is 1. The molecule has 1 aromatic heterocycles. The Morgan fingerprint density at radius 2 is 2.04 bits per heavy atom. The maximum Gasteiger partial charge on any atom is 0.306 e. The van der Waals surface area contributed by atoms with Gasteiger partial charge in [-0.15, -0.1) is 0 Å². The highest BCUT2D eigenvalue weighted by Crippen LogP contribution is 2.32. The molecular formula is C21H25N3O2. The number of amidine groups is 1. The molecular weight excluding hydrogens is 326 g/mol. The summed E-state index contributed by atoms with van der Waals surface area (Å²) in [4.78, 5) is 16.1. The second-order valence-electron chi connectivity index (χ2n) is 6.89. The molecule has 2 aromatic rings. The normalized spacial score (nSPS) is 19.8. The average molecular weight is 351 g/mol. The van der Waals surface area contributed by atoms with Gasteiger partial charge >= 0.3 is 5.97 Å². The minimum absolute atomic E-state index is 0.00143. The molecule has 0 radical (unpaired) electrons. The molecule has 1 aromatic carbocycles. The first kappa shape index (κ1) is 18.1. The van der Waals surface area contributed by atoms with E-state index in [1.165, 1.54) is 5.56 Å². The lowest BCUT2D eigenvalue weighted by atomic mass is 9.87. The minimum Gasteiger partial charge on any atom is -0.462 e. The maximum atomic E-state index is 11.9. The van der Waals surface area contributed by atoms with E-state index in [9.17, 15) is 4.79 Å². The number of nitrogens with two attached hydrogens (primary N) is 1. The summed E-state index contributed by atoms with van der Waals surface area (Å²) < 4.78 is 5.54. The SMILES string of the molecule is N=C(N)c1ccc(CCCCC2CC(c3cccnc3)CC(=O)O2)cc1. The van der Waals surface area contributed by atoms with E-state index in [-0.39, 0.29) is 23.8 Å². The molecule has 1 aliphatic heterocycles. The molecule has 2 unspecified atom stereocenters. The summed E-state index contributed by atoms with van der Waals surface area (Å²) in [5.41, 5.74) is 8.59. The number of rotatable bonds is 7. The van der Waals surface area contributed by atoms with Gasteiger partial charge in [0.15, 0.2) is 0 Å². The summed E-state index contributed by atoms with van der Waals surface area (Å²) in [5, 5.41) is 7.41. The van der Waals surface area contributed by atoms with E-state index in [1.807, 2.05) is 42.6 Å². The van der Waals surface area contributed by atoms with Crippen LogP contribution in [0.1, 0.15) is 54.7 Å². The van der Waals surface area contributed by atoms with Crippen molar-refractivity contribution in [1.82, 2.24) is 4.98 Å². The maximum absolute atomic E-state index is 11.9. The Kier molecular flexibility index (Phi) is 6.00. The molecule has 3 N–H and O–H groups in total. The highest BCUT2D eigenvalue weighted by atomic mass is 16.5. The number of carbonyl (C=O) groups is 1. The highest BCUT2D eigenvalue weighted by molar-refractivity contribution is 5.94. The number of nitrogens with zero attached hydrogens (tertiary/aromatic N) is 1. The Morgan fingerprint density at radius 1 is 1.23 bits per heavy atom. The number of nitrogens with one attached hydrogen (secondary N) is 1. The van der Waals surface area contributed by atoms with E-state index in [4.69, 9.17) is 15.9 Å². The number of aryl methyl sites for hydroxylation is 1. The van der Waals surface area contributed by atoms with Crippen molar-refractivity contribution in [3.8, 4) is 0 Å². The third-order valence-corrected chi connectivity index (χ3v) is 4.92. The van der Waals surface area contributed by atoms with Gasteiger partial charge in [0, 0.05) is 18.0 Å². The number of carbonyl (C=O) groups excluding carboxylic acids is 1. The Bertz CT molecular complexity index is 744. The molecule has 1 aliphatic rings. The van der Waals surface area contributed by atoms with Gasteiger partial charge in [-0.1, -0.05) is 30.3 Å². The van der Waals surface area contributed by atoms with Gasteiger partial charge in [0.05, 0.1) is 6.42 Å². The summed E-state index contributed by atoms with van der Waals surface area (Å²) in [5.74, 6) is 0.211. The quantitative estimate of drug-likeness (QED) is 0.345. The van der Waals surface area contributed by atoms with Crippen LogP contribution in [-0.4, -0.2) is 22.9 Å². The van der Waals surface area contributed by atoms with E-state index in [0.29, 0.717) is 6.42 Å². The fourth-order valence-corrected chi connectivity index (χ4v) is 3.48. The molecule has 5 nitrogen and oxygen atoms in total. The lowest BCUT2D eigenvalue weighted by molar-refractivity contribution is -0.155. The number of pyridine rings is 1. The molecule has 2 atom stereocenters. The van der Waals surface area contributed by atoms with Gasteiger partial charge in [0.1, 0.15) is 11.9 Å². The van der Waals surface area contributed by atoms with E-state index in [2.05, 4.69) is 4.98 Å². The van der Waals surface area contributed by atoms with Crippen LogP contribution < -0.4 is 5.73 Å². The van der Waals surface area contributed by atoms with Gasteiger partial charge in [-0.3, -0.25) is 15.2 Å². The number of hydrogen-bond donors (Lipinski definition) is 2. The third kappa shape index (κ3) is 4.91.